The molecule has 1 heterocycles. The Kier molecular flexibility index (Phi) is 4.00. The fraction of sp³-hybridized carbons (Fsp3) is 0.250. The molecule has 0 unspecified atom stereocenters. The van der Waals surface area contributed by atoms with Gasteiger partial charge in [0.1, 0.15) is 0 Å². The SMILES string of the molecule is C1=CP=CC1.[LiH]. The van der Waals surface area contributed by atoms with E-state index in [0.717, 1.165) is 0 Å². The molecular weight excluding hydrogens is 86.0 g/mol. The van der Waals surface area contributed by atoms with Gasteiger partial charge >= 0.3 is 18.9 Å². The van der Waals surface area contributed by atoms with Crippen molar-refractivity contribution in [3.05, 3.63) is 11.9 Å². The first-order valence-electron chi connectivity index (χ1n) is 1.67. The average Bonchev–Trinajstić information content (AvgIpc) is 1.76. The van der Waals surface area contributed by atoms with Gasteiger partial charge in [0, 0.05) is 0 Å². The van der Waals surface area contributed by atoms with E-state index in [0.29, 0.717) is 0 Å². The van der Waals surface area contributed by atoms with Crippen LogP contribution in [0.4, 0.5) is 0 Å². The van der Waals surface area contributed by atoms with Gasteiger partial charge in [0.15, 0.2) is 0 Å². The summed E-state index contributed by atoms with van der Waals surface area (Å²) in [6.07, 6.45) is 3.35. The second-order valence-electron chi connectivity index (χ2n) is 0.952. The van der Waals surface area contributed by atoms with Crippen LogP contribution < -0.4 is 0 Å². The van der Waals surface area contributed by atoms with Crippen LogP contribution in [0.15, 0.2) is 11.9 Å². The molecule has 0 bridgehead atoms. The van der Waals surface area contributed by atoms with E-state index < -0.39 is 0 Å². The van der Waals surface area contributed by atoms with E-state index in [1.165, 1.54) is 14.6 Å². The van der Waals surface area contributed by atoms with Crippen molar-refractivity contribution in [3.63, 3.8) is 0 Å². The maximum absolute atomic E-state index is 2.22. The van der Waals surface area contributed by atoms with E-state index in [4.69, 9.17) is 0 Å². The number of hydrogen-bond acceptors (Lipinski definition) is 0. The van der Waals surface area contributed by atoms with Gasteiger partial charge in [-0.25, -0.2) is 0 Å². The average molecular weight is 92.0 g/mol. The molecule has 2 heteroatoms. The van der Waals surface area contributed by atoms with Crippen LogP contribution in [0, 0.1) is 0 Å². The van der Waals surface area contributed by atoms with Crippen LogP contribution >= 0.6 is 8.20 Å². The minimum absolute atomic E-state index is 0. The van der Waals surface area contributed by atoms with Crippen LogP contribution in [0.25, 0.3) is 0 Å². The molecule has 0 aromatic carbocycles. The van der Waals surface area contributed by atoms with Crippen molar-refractivity contribution in [2.75, 3.05) is 0 Å². The molecule has 0 nitrogen and oxygen atoms in total. The first kappa shape index (κ1) is 6.51. The first-order valence-corrected chi connectivity index (χ1v) is 2.70. The summed E-state index contributed by atoms with van der Waals surface area (Å²) in [5.74, 6) is 4.38. The van der Waals surface area contributed by atoms with Crippen molar-refractivity contribution in [2.24, 2.45) is 0 Å². The first-order chi connectivity index (χ1) is 2.50. The molecule has 0 aliphatic carbocycles. The summed E-state index contributed by atoms with van der Waals surface area (Å²) < 4.78 is 0. The van der Waals surface area contributed by atoms with Gasteiger partial charge in [-0.05, 0) is 12.2 Å². The molecule has 0 saturated heterocycles. The maximum atomic E-state index is 2.22. The van der Waals surface area contributed by atoms with Crippen LogP contribution in [0.3, 0.4) is 0 Å². The Bertz CT molecular complexity index is 65.6. The summed E-state index contributed by atoms with van der Waals surface area (Å²) in [6, 6.07) is 0. The minimum atomic E-state index is 0. The normalized spacial score (nSPS) is 17.3. The summed E-state index contributed by atoms with van der Waals surface area (Å²) in [5, 5.41) is 0. The van der Waals surface area contributed by atoms with Gasteiger partial charge in [0.25, 0.3) is 0 Å². The van der Waals surface area contributed by atoms with Crippen molar-refractivity contribution in [1.82, 2.24) is 0 Å². The van der Waals surface area contributed by atoms with Gasteiger partial charge in [0.05, 0.1) is 0 Å². The van der Waals surface area contributed by atoms with E-state index in [1.807, 2.05) is 0 Å². The zero-order valence-electron chi connectivity index (χ0n) is 2.89. The third-order valence-electron chi connectivity index (χ3n) is 0.538. The second kappa shape index (κ2) is 3.69. The molecule has 0 atom stereocenters. The molecular formula is C4H6LiP. The van der Waals surface area contributed by atoms with Crippen molar-refractivity contribution in [1.29, 1.82) is 0 Å². The van der Waals surface area contributed by atoms with Crippen molar-refractivity contribution < 1.29 is 0 Å². The van der Waals surface area contributed by atoms with E-state index in [9.17, 15) is 0 Å². The molecule has 1 rings (SSSR count). The molecule has 0 aromatic rings. The molecule has 1 aliphatic rings. The van der Waals surface area contributed by atoms with Crippen LogP contribution in [0.1, 0.15) is 6.42 Å². The third kappa shape index (κ3) is 1.83. The van der Waals surface area contributed by atoms with E-state index in [-0.39, 0.29) is 18.9 Å². The van der Waals surface area contributed by atoms with Gasteiger partial charge < -0.3 is 0 Å². The number of rotatable bonds is 0. The van der Waals surface area contributed by atoms with Crippen molar-refractivity contribution in [3.8, 4) is 0 Å². The predicted molar refractivity (Wildman–Crippen MR) is 33.9 cm³/mol. The van der Waals surface area contributed by atoms with Gasteiger partial charge in [0.2, 0.25) is 0 Å². The van der Waals surface area contributed by atoms with E-state index in [1.54, 1.807) is 0 Å². The van der Waals surface area contributed by atoms with Crippen LogP contribution in [0.5, 0.6) is 0 Å². The van der Waals surface area contributed by atoms with Gasteiger partial charge in [-0.15, -0.1) is 0 Å². The molecule has 0 fully saturated rings. The molecule has 0 radical (unpaired) electrons. The molecule has 0 saturated carbocycles. The fourth-order valence-electron chi connectivity index (χ4n) is 0.304. The van der Waals surface area contributed by atoms with Crippen molar-refractivity contribution >= 4 is 32.9 Å². The van der Waals surface area contributed by atoms with E-state index in [2.05, 4.69) is 17.7 Å². The molecule has 0 amide bonds. The monoisotopic (exact) mass is 92.0 g/mol. The molecule has 1 aliphatic heterocycles. The Morgan fingerprint density at radius 2 is 2.33 bits per heavy atom. The van der Waals surface area contributed by atoms with Gasteiger partial charge in [-0.2, -0.15) is 0 Å². The van der Waals surface area contributed by atoms with Crippen LogP contribution in [-0.4, -0.2) is 24.7 Å². The Balaban J connectivity index is 0.000000250. The second-order valence-corrected chi connectivity index (χ2v) is 1.91. The summed E-state index contributed by atoms with van der Waals surface area (Å²) in [7, 11) is 1.39. The van der Waals surface area contributed by atoms with Gasteiger partial charge in [-0.3, -0.25) is 0 Å². The Hall–Kier alpha value is 0.507. The van der Waals surface area contributed by atoms with Crippen molar-refractivity contribution in [2.45, 2.75) is 6.42 Å². The zero-order valence-corrected chi connectivity index (χ0v) is 3.78. The molecule has 28 valence electrons. The van der Waals surface area contributed by atoms with E-state index >= 15 is 0 Å². The predicted octanol–water partition coefficient (Wildman–Crippen LogP) is 1.00. The zero-order chi connectivity index (χ0) is 3.54. The Morgan fingerprint density at radius 1 is 1.50 bits per heavy atom. The topological polar surface area (TPSA) is 0 Å². The standard InChI is InChI=1S/C4H5P.Li.H/c1-2-4-5-3-1;;/h1,3-4H,2H2;;. The number of allylic oxidation sites excluding steroid dienone is 1. The van der Waals surface area contributed by atoms with Crippen LogP contribution in [0.2, 0.25) is 0 Å². The summed E-state index contributed by atoms with van der Waals surface area (Å²) in [4.78, 5) is 0. The summed E-state index contributed by atoms with van der Waals surface area (Å²) >= 11 is 0. The molecule has 0 spiro atoms. The molecule has 0 aromatic heterocycles. The number of hydrogen-bond donors (Lipinski definition) is 0. The quantitative estimate of drug-likeness (QED) is 0.309. The van der Waals surface area contributed by atoms with Gasteiger partial charge in [-0.1, -0.05) is 20.1 Å². The van der Waals surface area contributed by atoms with Crippen LogP contribution in [-0.2, 0) is 0 Å². The Labute approximate surface area is 51.6 Å². The summed E-state index contributed by atoms with van der Waals surface area (Å²) in [6.45, 7) is 0. The third-order valence-corrected chi connectivity index (χ3v) is 1.34. The summed E-state index contributed by atoms with van der Waals surface area (Å²) in [5.41, 5.74) is 0. The molecule has 6 heavy (non-hydrogen) atoms. The molecule has 0 N–H and O–H groups in total. The fourth-order valence-corrected chi connectivity index (χ4v) is 0.913. The Morgan fingerprint density at radius 3 is 2.50 bits per heavy atom.